The van der Waals surface area contributed by atoms with Crippen molar-refractivity contribution in [2.24, 2.45) is 0 Å². The minimum absolute atomic E-state index is 0.0328. The zero-order valence-corrected chi connectivity index (χ0v) is 17.4. The number of phenolic OH excluding ortho intramolecular Hbond substituents is 1. The molecule has 2 rings (SSSR count). The maximum atomic E-state index is 12.1. The van der Waals surface area contributed by atoms with Gasteiger partial charge < -0.3 is 20.6 Å². The predicted molar refractivity (Wildman–Crippen MR) is 114 cm³/mol. The van der Waals surface area contributed by atoms with Crippen molar-refractivity contribution in [1.82, 2.24) is 5.32 Å². The van der Waals surface area contributed by atoms with Gasteiger partial charge in [-0.05, 0) is 36.1 Å². The third-order valence-electron chi connectivity index (χ3n) is 4.58. The van der Waals surface area contributed by atoms with Crippen LogP contribution in [0.2, 0.25) is 0 Å². The second kappa shape index (κ2) is 11.2. The van der Waals surface area contributed by atoms with Crippen molar-refractivity contribution in [3.05, 3.63) is 59.7 Å². The average Bonchev–Trinajstić information content (AvgIpc) is 2.71. The van der Waals surface area contributed by atoms with Crippen LogP contribution in [0.5, 0.6) is 5.75 Å². The highest BCUT2D eigenvalue weighted by Gasteiger charge is 2.17. The number of aliphatic hydroxyl groups is 2. The molecule has 29 heavy (non-hydrogen) atoms. The number of aliphatic hydroxyl groups excluding tert-OH is 2. The third-order valence-corrected chi connectivity index (χ3v) is 5.94. The molecule has 0 spiro atoms. The van der Waals surface area contributed by atoms with Crippen molar-refractivity contribution in [3.63, 3.8) is 0 Å². The van der Waals surface area contributed by atoms with Gasteiger partial charge in [0.05, 0.1) is 24.2 Å². The molecule has 2 aromatic rings. The molecular formula is C21H30N2O5S. The normalized spacial score (nSPS) is 13.8. The van der Waals surface area contributed by atoms with Crippen molar-refractivity contribution >= 4 is 15.7 Å². The van der Waals surface area contributed by atoms with Gasteiger partial charge in [-0.3, -0.25) is 4.72 Å². The van der Waals surface area contributed by atoms with E-state index in [1.165, 1.54) is 18.2 Å². The van der Waals surface area contributed by atoms with Crippen molar-refractivity contribution in [2.45, 2.75) is 38.3 Å². The topological polar surface area (TPSA) is 119 Å². The molecule has 0 aliphatic rings. The van der Waals surface area contributed by atoms with Gasteiger partial charge in [0.15, 0.2) is 0 Å². The number of phenols is 1. The summed E-state index contributed by atoms with van der Waals surface area (Å²) >= 11 is 0. The van der Waals surface area contributed by atoms with E-state index in [1.807, 2.05) is 37.3 Å². The Morgan fingerprint density at radius 3 is 2.48 bits per heavy atom. The SMILES string of the molecule is CCCCS(=O)(=O)Nc1cc([C@@H](O)CN[C@H](CO)Cc2ccccc2)ccc1O. The van der Waals surface area contributed by atoms with Crippen molar-refractivity contribution in [1.29, 1.82) is 0 Å². The maximum absolute atomic E-state index is 12.1. The van der Waals surface area contributed by atoms with E-state index in [4.69, 9.17) is 0 Å². The molecule has 0 bridgehead atoms. The highest BCUT2D eigenvalue weighted by Crippen LogP contribution is 2.28. The molecule has 0 saturated carbocycles. The summed E-state index contributed by atoms with van der Waals surface area (Å²) in [6.45, 7) is 1.99. The Balaban J connectivity index is 2.00. The van der Waals surface area contributed by atoms with Crippen molar-refractivity contribution in [2.75, 3.05) is 23.6 Å². The summed E-state index contributed by atoms with van der Waals surface area (Å²) in [6.07, 6.45) is 0.945. The van der Waals surface area contributed by atoms with Crippen molar-refractivity contribution in [3.8, 4) is 5.75 Å². The molecule has 0 fully saturated rings. The highest BCUT2D eigenvalue weighted by atomic mass is 32.2. The Hall–Kier alpha value is -2.13. The number of unbranched alkanes of at least 4 members (excludes halogenated alkanes) is 1. The van der Waals surface area contributed by atoms with Gasteiger partial charge in [-0.1, -0.05) is 49.7 Å². The number of sulfonamides is 1. The van der Waals surface area contributed by atoms with Crippen LogP contribution in [0.3, 0.4) is 0 Å². The lowest BCUT2D eigenvalue weighted by atomic mass is 10.0. The second-order valence-electron chi connectivity index (χ2n) is 7.04. The number of hydrogen-bond acceptors (Lipinski definition) is 6. The fourth-order valence-electron chi connectivity index (χ4n) is 2.89. The molecule has 0 amide bonds. The van der Waals surface area contributed by atoms with E-state index >= 15 is 0 Å². The molecule has 0 aromatic heterocycles. The first kappa shape index (κ1) is 23.2. The number of hydrogen-bond donors (Lipinski definition) is 5. The minimum Gasteiger partial charge on any atom is -0.506 e. The zero-order chi connectivity index (χ0) is 21.3. The first-order valence-corrected chi connectivity index (χ1v) is 11.4. The largest absolute Gasteiger partial charge is 0.506 e. The maximum Gasteiger partial charge on any atom is 0.232 e. The zero-order valence-electron chi connectivity index (χ0n) is 16.6. The summed E-state index contributed by atoms with van der Waals surface area (Å²) in [6, 6.07) is 13.8. The van der Waals surface area contributed by atoms with E-state index in [9.17, 15) is 23.7 Å². The summed E-state index contributed by atoms with van der Waals surface area (Å²) in [4.78, 5) is 0. The van der Waals surface area contributed by atoms with Gasteiger partial charge in [-0.25, -0.2) is 8.42 Å². The van der Waals surface area contributed by atoms with E-state index in [-0.39, 0.29) is 36.4 Å². The first-order chi connectivity index (χ1) is 13.8. The fourth-order valence-corrected chi connectivity index (χ4v) is 4.16. The van der Waals surface area contributed by atoms with E-state index < -0.39 is 16.1 Å². The van der Waals surface area contributed by atoms with E-state index in [1.54, 1.807) is 0 Å². The second-order valence-corrected chi connectivity index (χ2v) is 8.89. The van der Waals surface area contributed by atoms with Gasteiger partial charge in [0, 0.05) is 12.6 Å². The fraction of sp³-hybridized carbons (Fsp3) is 0.429. The molecule has 0 saturated heterocycles. The van der Waals surface area contributed by atoms with Crippen LogP contribution in [0.1, 0.15) is 37.0 Å². The predicted octanol–water partition coefficient (Wildman–Crippen LogP) is 2.16. The van der Waals surface area contributed by atoms with Gasteiger partial charge in [0.1, 0.15) is 5.75 Å². The smallest absolute Gasteiger partial charge is 0.232 e. The summed E-state index contributed by atoms with van der Waals surface area (Å²) < 4.78 is 26.6. The van der Waals surface area contributed by atoms with Crippen LogP contribution in [-0.2, 0) is 16.4 Å². The molecule has 0 aliphatic carbocycles. The standard InChI is InChI=1S/C21H30N2O5S/c1-2-3-11-29(27,28)23-19-13-17(9-10-20(19)25)21(26)14-22-18(15-24)12-16-7-5-4-6-8-16/h4-10,13,18,21-26H,2-3,11-12,14-15H2,1H3/t18-,21-/m0/s1. The van der Waals surface area contributed by atoms with Gasteiger partial charge in [-0.15, -0.1) is 0 Å². The van der Waals surface area contributed by atoms with E-state index in [0.717, 1.165) is 12.0 Å². The lowest BCUT2D eigenvalue weighted by Gasteiger charge is -2.20. The molecule has 7 nitrogen and oxygen atoms in total. The van der Waals surface area contributed by atoms with E-state index in [2.05, 4.69) is 10.0 Å². The molecule has 0 radical (unpaired) electrons. The van der Waals surface area contributed by atoms with Gasteiger partial charge in [0.25, 0.3) is 0 Å². The molecule has 160 valence electrons. The van der Waals surface area contributed by atoms with Gasteiger partial charge in [-0.2, -0.15) is 0 Å². The molecule has 0 aliphatic heterocycles. The average molecular weight is 423 g/mol. The van der Waals surface area contributed by atoms with Crippen LogP contribution in [-0.4, -0.2) is 48.7 Å². The molecule has 2 atom stereocenters. The molecule has 5 N–H and O–H groups in total. The van der Waals surface area contributed by atoms with Crippen LogP contribution in [0.4, 0.5) is 5.69 Å². The number of anilines is 1. The Morgan fingerprint density at radius 2 is 1.83 bits per heavy atom. The number of rotatable bonds is 12. The number of benzene rings is 2. The Morgan fingerprint density at radius 1 is 1.10 bits per heavy atom. The van der Waals surface area contributed by atoms with Gasteiger partial charge in [0.2, 0.25) is 10.0 Å². The van der Waals surface area contributed by atoms with Crippen molar-refractivity contribution < 1.29 is 23.7 Å². The first-order valence-electron chi connectivity index (χ1n) is 9.74. The highest BCUT2D eigenvalue weighted by molar-refractivity contribution is 7.92. The molecule has 8 heteroatoms. The quantitative estimate of drug-likeness (QED) is 0.335. The summed E-state index contributed by atoms with van der Waals surface area (Å²) in [5.74, 6) is -0.235. The Bertz CT molecular complexity index is 859. The molecule has 0 unspecified atom stereocenters. The number of nitrogens with one attached hydrogen (secondary N) is 2. The van der Waals surface area contributed by atoms with Crippen LogP contribution >= 0.6 is 0 Å². The van der Waals surface area contributed by atoms with Crippen LogP contribution in [0, 0.1) is 0 Å². The summed E-state index contributed by atoms with van der Waals surface area (Å²) in [5, 5.41) is 33.2. The van der Waals surface area contributed by atoms with Crippen LogP contribution in [0.25, 0.3) is 0 Å². The summed E-state index contributed by atoms with van der Waals surface area (Å²) in [7, 11) is -3.57. The monoisotopic (exact) mass is 422 g/mol. The molecular weight excluding hydrogens is 392 g/mol. The summed E-state index contributed by atoms with van der Waals surface area (Å²) in [5.41, 5.74) is 1.57. The lowest BCUT2D eigenvalue weighted by Crippen LogP contribution is -2.37. The lowest BCUT2D eigenvalue weighted by molar-refractivity contribution is 0.158. The van der Waals surface area contributed by atoms with Crippen LogP contribution in [0.15, 0.2) is 48.5 Å². The molecule has 2 aromatic carbocycles. The van der Waals surface area contributed by atoms with Gasteiger partial charge >= 0.3 is 0 Å². The minimum atomic E-state index is -3.57. The Labute approximate surface area is 172 Å². The van der Waals surface area contributed by atoms with E-state index in [0.29, 0.717) is 18.4 Å². The third kappa shape index (κ3) is 7.66. The molecule has 0 heterocycles. The van der Waals surface area contributed by atoms with Crippen LogP contribution < -0.4 is 10.0 Å². The Kier molecular flexibility index (Phi) is 8.91. The number of aromatic hydroxyl groups is 1.